The van der Waals surface area contributed by atoms with Gasteiger partial charge in [-0.25, -0.2) is 28.9 Å². The number of hydrogen-bond acceptors (Lipinski definition) is 16. The predicted molar refractivity (Wildman–Crippen MR) is 162 cm³/mol. The van der Waals surface area contributed by atoms with Crippen LogP contribution in [-0.2, 0) is 38.5 Å². The number of nitrogens with two attached hydrogens (primary N) is 1. The number of amides is 2. The van der Waals surface area contributed by atoms with E-state index in [9.17, 15) is 57.3 Å². The highest BCUT2D eigenvalue weighted by molar-refractivity contribution is 7.61. The molecular formula is C25H34F3N8O14P2+. The molecule has 2 fully saturated rings. The maximum atomic E-state index is 12.5. The number of rotatable bonds is 13. The van der Waals surface area contributed by atoms with Gasteiger partial charge in [-0.1, -0.05) is 0 Å². The van der Waals surface area contributed by atoms with Gasteiger partial charge >= 0.3 is 27.9 Å². The van der Waals surface area contributed by atoms with Gasteiger partial charge in [0.15, 0.2) is 36.2 Å². The van der Waals surface area contributed by atoms with E-state index < -0.39 is 96.7 Å². The Bertz CT molecular complexity index is 1830. The van der Waals surface area contributed by atoms with Crippen molar-refractivity contribution in [3.63, 3.8) is 0 Å². The van der Waals surface area contributed by atoms with E-state index in [0.29, 0.717) is 5.56 Å². The number of nitrogen functional groups attached to an aromatic ring is 1. The molecule has 2 unspecified atom stereocenters. The number of carbonyl (C=O) groups is 1. The second-order valence-electron chi connectivity index (χ2n) is 11.6. The van der Waals surface area contributed by atoms with Gasteiger partial charge in [0.05, 0.1) is 19.5 Å². The number of imidazole rings is 1. The number of nitrogens with one attached hydrogen (secondary N) is 1. The third kappa shape index (κ3) is 9.38. The molecule has 2 aliphatic heterocycles. The fourth-order valence-corrected chi connectivity index (χ4v) is 7.27. The van der Waals surface area contributed by atoms with Crippen molar-refractivity contribution in [2.45, 2.75) is 61.8 Å². The van der Waals surface area contributed by atoms with Crippen LogP contribution in [0.25, 0.3) is 11.2 Å². The Balaban J connectivity index is 1.11. The number of aliphatic hydroxyl groups is 4. The van der Waals surface area contributed by atoms with Gasteiger partial charge in [-0.15, -0.1) is 0 Å². The van der Waals surface area contributed by atoms with E-state index in [1.807, 2.05) is 0 Å². The number of phosphoric acid groups is 2. The van der Waals surface area contributed by atoms with E-state index in [4.69, 9.17) is 24.3 Å². The molecule has 2 saturated heterocycles. The van der Waals surface area contributed by atoms with Crippen molar-refractivity contribution in [3.8, 4) is 0 Å². The number of aromatic nitrogens is 5. The van der Waals surface area contributed by atoms with Crippen molar-refractivity contribution < 1.29 is 84.7 Å². The number of alkyl halides is 3. The molecule has 10 atom stereocenters. The van der Waals surface area contributed by atoms with Crippen LogP contribution in [-0.4, -0.2) is 130 Å². The number of anilines is 1. The van der Waals surface area contributed by atoms with E-state index in [0.717, 1.165) is 11.2 Å². The Labute approximate surface area is 290 Å². The number of pyridine rings is 1. The van der Waals surface area contributed by atoms with E-state index >= 15 is 0 Å². The molecule has 5 heterocycles. The lowest BCUT2D eigenvalue weighted by molar-refractivity contribution is -0.765. The van der Waals surface area contributed by atoms with Gasteiger partial charge in [-0.3, -0.25) is 13.6 Å². The van der Waals surface area contributed by atoms with Crippen molar-refractivity contribution in [3.05, 3.63) is 42.7 Å². The van der Waals surface area contributed by atoms with Crippen molar-refractivity contribution in [2.24, 2.45) is 0 Å². The first-order chi connectivity index (χ1) is 24.2. The van der Waals surface area contributed by atoms with Crippen LogP contribution in [0, 0.1) is 0 Å². The first-order valence-electron chi connectivity index (χ1n) is 14.9. The van der Waals surface area contributed by atoms with Gasteiger partial charge in [-0.05, 0) is 5.56 Å². The molecule has 0 radical (unpaired) electrons. The summed E-state index contributed by atoms with van der Waals surface area (Å²) in [5.41, 5.74) is 6.54. The summed E-state index contributed by atoms with van der Waals surface area (Å²) >= 11 is 0. The molecule has 2 aliphatic rings. The number of nitrogens with zero attached hydrogens (tertiary/aromatic N) is 6. The summed E-state index contributed by atoms with van der Waals surface area (Å²) < 4.78 is 89.4. The smallest absolute Gasteiger partial charge is 0.387 e. The lowest BCUT2D eigenvalue weighted by atomic mass is 10.1. The van der Waals surface area contributed by atoms with Gasteiger partial charge in [0.2, 0.25) is 0 Å². The molecule has 9 N–H and O–H groups in total. The number of aliphatic hydroxyl groups excluding tert-OH is 4. The summed E-state index contributed by atoms with van der Waals surface area (Å²) in [6.07, 6.45) is -11.6. The summed E-state index contributed by atoms with van der Waals surface area (Å²) in [6.45, 7) is -3.47. The fourth-order valence-electron chi connectivity index (χ4n) is 5.18. The van der Waals surface area contributed by atoms with Crippen molar-refractivity contribution in [1.29, 1.82) is 0 Å². The second kappa shape index (κ2) is 15.5. The maximum absolute atomic E-state index is 12.5. The van der Waals surface area contributed by atoms with Crippen LogP contribution in [0.15, 0.2) is 37.2 Å². The topological polar surface area (TPSA) is 308 Å². The van der Waals surface area contributed by atoms with E-state index in [2.05, 4.69) is 19.3 Å². The van der Waals surface area contributed by atoms with Crippen LogP contribution in [0.3, 0.4) is 0 Å². The molecule has 5 rings (SSSR count). The standard InChI is InChI=1S/C25H33F3N8O14P2/c1-34(24(41)30-9-25(26,27)28)6-12-2-4-35(5-3-12)22-18(39)16(37)13(48-22)7-46-51(42,43)50-52(44,45)47-8-14-17(38)19(40)23(49-14)36-11-33-15-20(29)31-10-32-21(15)36/h2-5,10-11,13-14,16-19,22-23,37-40H,6-9H2,1H3,(H4-,29,30,31,32,41,42,43,44,45)/p+1/t13-,14-,16-,17-,18-,19-,22-,23-/m1/s1. The molecule has 0 bridgehead atoms. The van der Waals surface area contributed by atoms with Gasteiger partial charge in [0.25, 0.3) is 6.23 Å². The minimum atomic E-state index is -5.43. The molecular weight excluding hydrogens is 755 g/mol. The average molecular weight is 790 g/mol. The molecule has 288 valence electrons. The Kier molecular flexibility index (Phi) is 11.9. The van der Waals surface area contributed by atoms with Crippen LogP contribution in [0.2, 0.25) is 0 Å². The zero-order chi connectivity index (χ0) is 38.2. The van der Waals surface area contributed by atoms with Crippen LogP contribution < -0.4 is 15.6 Å². The quantitative estimate of drug-likeness (QED) is 0.0728. The second-order valence-corrected chi connectivity index (χ2v) is 14.6. The summed E-state index contributed by atoms with van der Waals surface area (Å²) in [5, 5.41) is 43.7. The van der Waals surface area contributed by atoms with Crippen LogP contribution in [0.4, 0.5) is 23.8 Å². The van der Waals surface area contributed by atoms with Gasteiger partial charge in [0.1, 0.15) is 48.9 Å². The van der Waals surface area contributed by atoms with Crippen LogP contribution in [0.1, 0.15) is 18.0 Å². The average Bonchev–Trinajstić information content (AvgIpc) is 3.71. The molecule has 27 heteroatoms. The summed E-state index contributed by atoms with van der Waals surface area (Å²) in [6, 6.07) is 1.94. The number of fused-ring (bicyclic) bond motifs is 1. The summed E-state index contributed by atoms with van der Waals surface area (Å²) in [4.78, 5) is 44.9. The SMILES string of the molecule is CN(Cc1cc[n+]([C@@H]2O[C@H](COP(=O)(O)OP(=O)(O)OC[C@H]3O[C@@H](n4cnc5c(N)ncnc54)[C@H](O)[C@@H]3O)[C@@H](O)[C@H]2O)cc1)C(=O)NCC(F)(F)F. The molecule has 22 nitrogen and oxygen atoms in total. The van der Waals surface area contributed by atoms with Crippen LogP contribution in [0.5, 0.6) is 0 Å². The molecule has 52 heavy (non-hydrogen) atoms. The van der Waals surface area contributed by atoms with Gasteiger partial charge in [0, 0.05) is 25.7 Å². The Hall–Kier alpha value is -3.42. The Morgan fingerprint density at radius 1 is 1.00 bits per heavy atom. The molecule has 0 spiro atoms. The Morgan fingerprint density at radius 3 is 2.21 bits per heavy atom. The fraction of sp³-hybridized carbons (Fsp3) is 0.560. The molecule has 3 aromatic rings. The van der Waals surface area contributed by atoms with E-state index in [-0.39, 0.29) is 23.5 Å². The number of phosphoric ester groups is 2. The van der Waals surface area contributed by atoms with Crippen LogP contribution >= 0.6 is 15.6 Å². The molecule has 0 aliphatic carbocycles. The summed E-state index contributed by atoms with van der Waals surface area (Å²) in [5.74, 6) is 0.0321. The van der Waals surface area contributed by atoms with Crippen molar-refractivity contribution in [1.82, 2.24) is 29.7 Å². The minimum Gasteiger partial charge on any atom is -0.387 e. The van der Waals surface area contributed by atoms with E-state index in [1.54, 1.807) is 5.32 Å². The third-order valence-corrected chi connectivity index (χ3v) is 10.4. The van der Waals surface area contributed by atoms with Crippen molar-refractivity contribution >= 4 is 38.7 Å². The molecule has 0 saturated carbocycles. The molecule has 2 amide bonds. The largest absolute Gasteiger partial charge is 0.481 e. The normalized spacial score (nSPS) is 28.8. The van der Waals surface area contributed by atoms with Crippen molar-refractivity contribution in [2.75, 3.05) is 32.5 Å². The number of hydrogen-bond donors (Lipinski definition) is 8. The monoisotopic (exact) mass is 789 g/mol. The lowest BCUT2D eigenvalue weighted by Gasteiger charge is -2.20. The first-order valence-corrected chi connectivity index (χ1v) is 17.9. The number of carbonyl (C=O) groups excluding carboxylic acids is 1. The number of urea groups is 1. The van der Waals surface area contributed by atoms with Gasteiger partial charge in [-0.2, -0.15) is 22.0 Å². The van der Waals surface area contributed by atoms with Gasteiger partial charge < -0.3 is 55.6 Å². The zero-order valence-electron chi connectivity index (χ0n) is 26.6. The summed E-state index contributed by atoms with van der Waals surface area (Å²) in [7, 11) is -9.58. The zero-order valence-corrected chi connectivity index (χ0v) is 28.4. The Morgan fingerprint density at radius 2 is 1.60 bits per heavy atom. The number of halogens is 3. The highest BCUT2D eigenvalue weighted by Crippen LogP contribution is 2.60. The predicted octanol–water partition coefficient (Wildman–Crippen LogP) is -1.41. The first kappa shape index (κ1) is 39.8. The highest BCUT2D eigenvalue weighted by Gasteiger charge is 2.50. The molecule has 3 aromatic heterocycles. The molecule has 0 aromatic carbocycles. The third-order valence-electron chi connectivity index (χ3n) is 7.77. The lowest BCUT2D eigenvalue weighted by Crippen LogP contribution is -2.46. The highest BCUT2D eigenvalue weighted by atomic mass is 31.3. The maximum Gasteiger partial charge on any atom is 0.481 e. The van der Waals surface area contributed by atoms with E-state index in [1.165, 1.54) is 47.0 Å². The minimum absolute atomic E-state index is 0.0321. The number of ether oxygens (including phenoxy) is 2.